The van der Waals surface area contributed by atoms with Crippen LogP contribution in [0, 0.1) is 0 Å². The Morgan fingerprint density at radius 1 is 1.07 bits per heavy atom. The minimum Gasteiger partial charge on any atom is -0.494 e. The van der Waals surface area contributed by atoms with Gasteiger partial charge < -0.3 is 19.7 Å². The zero-order chi connectivity index (χ0) is 21.1. The Hall–Kier alpha value is -2.57. The van der Waals surface area contributed by atoms with Gasteiger partial charge in [-0.15, -0.1) is 0 Å². The van der Waals surface area contributed by atoms with Gasteiger partial charge in [-0.1, -0.05) is 26.2 Å². The maximum atomic E-state index is 12.4. The van der Waals surface area contributed by atoms with Crippen molar-refractivity contribution in [2.45, 2.75) is 58.5 Å². The molecule has 1 aromatic carbocycles. The van der Waals surface area contributed by atoms with Crippen LogP contribution in [-0.4, -0.2) is 55.0 Å². The summed E-state index contributed by atoms with van der Waals surface area (Å²) in [5.41, 5.74) is 0.425. The van der Waals surface area contributed by atoms with Gasteiger partial charge in [0.1, 0.15) is 12.3 Å². The highest BCUT2D eigenvalue weighted by Gasteiger charge is 2.24. The maximum absolute atomic E-state index is 12.4. The molecule has 160 valence electrons. The second-order valence-electron chi connectivity index (χ2n) is 7.28. The minimum absolute atomic E-state index is 0.176. The van der Waals surface area contributed by atoms with E-state index in [9.17, 15) is 14.4 Å². The van der Waals surface area contributed by atoms with E-state index in [1.807, 2.05) is 0 Å². The van der Waals surface area contributed by atoms with Gasteiger partial charge in [-0.25, -0.2) is 0 Å². The van der Waals surface area contributed by atoms with Crippen molar-refractivity contribution in [2.24, 2.45) is 0 Å². The van der Waals surface area contributed by atoms with Crippen LogP contribution in [0.4, 0.5) is 0 Å². The van der Waals surface area contributed by atoms with E-state index in [-0.39, 0.29) is 18.4 Å². The third kappa shape index (κ3) is 7.75. The first-order valence-electron chi connectivity index (χ1n) is 10.5. The van der Waals surface area contributed by atoms with Crippen LogP contribution >= 0.6 is 0 Å². The molecule has 0 bridgehead atoms. The van der Waals surface area contributed by atoms with Gasteiger partial charge in [0.25, 0.3) is 11.8 Å². The van der Waals surface area contributed by atoms with Gasteiger partial charge in [0, 0.05) is 18.7 Å². The molecule has 0 spiro atoms. The first-order valence-corrected chi connectivity index (χ1v) is 10.5. The molecule has 0 saturated carbocycles. The van der Waals surface area contributed by atoms with Crippen molar-refractivity contribution in [1.82, 2.24) is 10.2 Å². The number of likely N-dealkylation sites (tertiary alicyclic amines) is 1. The molecule has 2 amide bonds. The number of benzene rings is 1. The number of amides is 2. The average Bonchev–Trinajstić information content (AvgIpc) is 3.01. The van der Waals surface area contributed by atoms with E-state index in [1.165, 1.54) is 0 Å². The fourth-order valence-electron chi connectivity index (χ4n) is 3.13. The molecule has 0 unspecified atom stereocenters. The topological polar surface area (TPSA) is 84.9 Å². The first-order chi connectivity index (χ1) is 14.0. The number of hydrogen-bond acceptors (Lipinski definition) is 5. The fourth-order valence-corrected chi connectivity index (χ4v) is 3.13. The Labute approximate surface area is 172 Å². The normalized spacial score (nSPS) is 15.2. The molecule has 1 aliphatic heterocycles. The van der Waals surface area contributed by atoms with Crippen molar-refractivity contribution < 1.29 is 23.9 Å². The number of carbonyl (C=O) groups excluding carboxylic acids is 3. The minimum atomic E-state index is -0.850. The summed E-state index contributed by atoms with van der Waals surface area (Å²) in [4.78, 5) is 38.4. The Balaban J connectivity index is 1.74. The Bertz CT molecular complexity index is 666. The predicted molar refractivity (Wildman–Crippen MR) is 110 cm³/mol. The van der Waals surface area contributed by atoms with Crippen LogP contribution in [0.5, 0.6) is 5.75 Å². The molecule has 7 heteroatoms. The summed E-state index contributed by atoms with van der Waals surface area (Å²) in [6.45, 7) is 5.43. The predicted octanol–water partition coefficient (Wildman–Crippen LogP) is 2.93. The molecule has 0 radical (unpaired) electrons. The largest absolute Gasteiger partial charge is 0.494 e. The lowest BCUT2D eigenvalue weighted by molar-refractivity contribution is -0.158. The lowest BCUT2D eigenvalue weighted by Gasteiger charge is -2.24. The van der Waals surface area contributed by atoms with Gasteiger partial charge >= 0.3 is 5.97 Å². The van der Waals surface area contributed by atoms with Crippen LogP contribution in [0.1, 0.15) is 62.7 Å². The number of unbranched alkanes of at least 4 members (excludes halogenated alkanes) is 1. The SMILES string of the molecule is CCCCOc1ccc(C(=O)NCC(=O)O[C@H](C)C(=O)N2CCCCCC2)cc1. The van der Waals surface area contributed by atoms with E-state index in [0.717, 1.165) is 38.5 Å². The highest BCUT2D eigenvalue weighted by Crippen LogP contribution is 2.13. The summed E-state index contributed by atoms with van der Waals surface area (Å²) in [5.74, 6) is -0.484. The molecule has 1 fully saturated rings. The van der Waals surface area contributed by atoms with Crippen molar-refractivity contribution >= 4 is 17.8 Å². The van der Waals surface area contributed by atoms with Crippen molar-refractivity contribution in [3.8, 4) is 5.75 Å². The number of carbonyl (C=O) groups is 3. The van der Waals surface area contributed by atoms with Gasteiger partial charge in [0.05, 0.1) is 6.61 Å². The van der Waals surface area contributed by atoms with Crippen LogP contribution in [0.25, 0.3) is 0 Å². The van der Waals surface area contributed by atoms with Gasteiger partial charge in [-0.3, -0.25) is 14.4 Å². The quantitative estimate of drug-likeness (QED) is 0.505. The maximum Gasteiger partial charge on any atom is 0.326 e. The highest BCUT2D eigenvalue weighted by molar-refractivity contribution is 5.96. The van der Waals surface area contributed by atoms with E-state index < -0.39 is 12.1 Å². The smallest absolute Gasteiger partial charge is 0.326 e. The Morgan fingerprint density at radius 2 is 1.72 bits per heavy atom. The Kier molecular flexibility index (Phi) is 9.47. The molecule has 0 aliphatic carbocycles. The van der Waals surface area contributed by atoms with E-state index in [1.54, 1.807) is 36.1 Å². The lowest BCUT2D eigenvalue weighted by Crippen LogP contribution is -2.42. The number of nitrogens with zero attached hydrogens (tertiary/aromatic N) is 1. The second-order valence-corrected chi connectivity index (χ2v) is 7.28. The number of rotatable bonds is 9. The summed E-state index contributed by atoms with van der Waals surface area (Å²) in [6.07, 6.45) is 5.38. The van der Waals surface area contributed by atoms with Crippen molar-refractivity contribution in [3.05, 3.63) is 29.8 Å². The summed E-state index contributed by atoms with van der Waals surface area (Å²) >= 11 is 0. The van der Waals surface area contributed by atoms with Crippen LogP contribution in [0.2, 0.25) is 0 Å². The van der Waals surface area contributed by atoms with Gasteiger partial charge in [0.15, 0.2) is 6.10 Å². The van der Waals surface area contributed by atoms with Crippen LogP contribution in [0.3, 0.4) is 0 Å². The molecule has 1 aromatic rings. The fraction of sp³-hybridized carbons (Fsp3) is 0.591. The third-order valence-corrected chi connectivity index (χ3v) is 4.85. The zero-order valence-electron chi connectivity index (χ0n) is 17.4. The average molecular weight is 405 g/mol. The monoisotopic (exact) mass is 404 g/mol. The highest BCUT2D eigenvalue weighted by atomic mass is 16.5. The van der Waals surface area contributed by atoms with Crippen LogP contribution in [0.15, 0.2) is 24.3 Å². The molecule has 1 aliphatic rings. The third-order valence-electron chi connectivity index (χ3n) is 4.85. The first kappa shape index (κ1) is 22.7. The molecule has 7 nitrogen and oxygen atoms in total. The van der Waals surface area contributed by atoms with E-state index in [4.69, 9.17) is 9.47 Å². The van der Waals surface area contributed by atoms with Crippen molar-refractivity contribution in [1.29, 1.82) is 0 Å². The number of nitrogens with one attached hydrogen (secondary N) is 1. The molecule has 1 saturated heterocycles. The molecule has 1 N–H and O–H groups in total. The molecule has 1 atom stereocenters. The Morgan fingerprint density at radius 3 is 2.34 bits per heavy atom. The van der Waals surface area contributed by atoms with Crippen LogP contribution in [-0.2, 0) is 14.3 Å². The summed E-state index contributed by atoms with van der Waals surface area (Å²) in [5, 5.41) is 2.53. The standard InChI is InChI=1S/C22H32N2O5/c1-3-4-15-28-19-11-9-18(10-12-19)21(26)23-16-20(25)29-17(2)22(27)24-13-7-5-6-8-14-24/h9-12,17H,3-8,13-16H2,1-2H3,(H,23,26)/t17-/m1/s1. The van der Waals surface area contributed by atoms with Crippen LogP contribution < -0.4 is 10.1 Å². The number of hydrogen-bond donors (Lipinski definition) is 1. The molecular formula is C22H32N2O5. The molecule has 29 heavy (non-hydrogen) atoms. The lowest BCUT2D eigenvalue weighted by atomic mass is 10.2. The molecule has 0 aromatic heterocycles. The number of ether oxygens (including phenoxy) is 2. The van der Waals surface area contributed by atoms with Crippen molar-refractivity contribution in [2.75, 3.05) is 26.2 Å². The summed E-state index contributed by atoms with van der Waals surface area (Å²) in [6, 6.07) is 6.75. The van der Waals surface area contributed by atoms with Crippen molar-refractivity contribution in [3.63, 3.8) is 0 Å². The van der Waals surface area contributed by atoms with E-state index in [0.29, 0.717) is 31.0 Å². The van der Waals surface area contributed by atoms with E-state index >= 15 is 0 Å². The molecule has 2 rings (SSSR count). The van der Waals surface area contributed by atoms with Gasteiger partial charge in [-0.05, 0) is 50.5 Å². The van der Waals surface area contributed by atoms with E-state index in [2.05, 4.69) is 12.2 Å². The van der Waals surface area contributed by atoms with Gasteiger partial charge in [-0.2, -0.15) is 0 Å². The number of esters is 1. The molecule has 1 heterocycles. The summed E-state index contributed by atoms with van der Waals surface area (Å²) < 4.78 is 10.8. The molecular weight excluding hydrogens is 372 g/mol. The van der Waals surface area contributed by atoms with Gasteiger partial charge in [0.2, 0.25) is 0 Å². The zero-order valence-corrected chi connectivity index (χ0v) is 17.4. The second kappa shape index (κ2) is 12.1. The summed E-state index contributed by atoms with van der Waals surface area (Å²) in [7, 11) is 0.